The van der Waals surface area contributed by atoms with Crippen molar-refractivity contribution in [2.24, 2.45) is 23.7 Å². The average molecular weight is 254 g/mol. The van der Waals surface area contributed by atoms with Gasteiger partial charge >= 0.3 is 0 Å². The molecule has 0 aromatic heterocycles. The molecule has 0 N–H and O–H groups in total. The molecule has 18 heavy (non-hydrogen) atoms. The molecule has 0 aromatic carbocycles. The van der Waals surface area contributed by atoms with E-state index in [9.17, 15) is 0 Å². The Balaban J connectivity index is 1.53. The van der Waals surface area contributed by atoms with Crippen LogP contribution in [0.25, 0.3) is 0 Å². The van der Waals surface area contributed by atoms with Crippen LogP contribution in [0.3, 0.4) is 0 Å². The van der Waals surface area contributed by atoms with E-state index in [0.717, 1.165) is 26.4 Å². The first-order valence-electron chi connectivity index (χ1n) is 7.22. The molecule has 8 atom stereocenters. The summed E-state index contributed by atoms with van der Waals surface area (Å²) in [6, 6.07) is 0. The van der Waals surface area contributed by atoms with Crippen molar-refractivity contribution < 1.29 is 18.9 Å². The van der Waals surface area contributed by atoms with Crippen LogP contribution in [-0.4, -0.2) is 50.8 Å². The van der Waals surface area contributed by atoms with Crippen LogP contribution in [-0.2, 0) is 18.9 Å². The van der Waals surface area contributed by atoms with Crippen molar-refractivity contribution >= 4 is 0 Å². The molecule has 0 amide bonds. The zero-order valence-corrected chi connectivity index (χ0v) is 11.1. The molecule has 4 saturated heterocycles. The van der Waals surface area contributed by atoms with Crippen molar-refractivity contribution in [1.82, 2.24) is 0 Å². The molecule has 0 spiro atoms. The first-order valence-corrected chi connectivity index (χ1v) is 7.22. The summed E-state index contributed by atoms with van der Waals surface area (Å²) in [7, 11) is 0. The standard InChI is InChI=1S/C14H22O4/c1-7(9-3-15-9)13(11-5-17-11)14(12-6-18-12)8(2)10-4-16-10/h7-14H,3-6H2,1-2H3. The minimum absolute atomic E-state index is 0.430. The van der Waals surface area contributed by atoms with E-state index in [1.165, 1.54) is 0 Å². The van der Waals surface area contributed by atoms with Crippen molar-refractivity contribution in [2.75, 3.05) is 26.4 Å². The predicted octanol–water partition coefficient (Wildman–Crippen LogP) is 1.09. The largest absolute Gasteiger partial charge is 0.373 e. The summed E-state index contributed by atoms with van der Waals surface area (Å²) in [6.07, 6.45) is 1.76. The lowest BCUT2D eigenvalue weighted by atomic mass is 9.71. The van der Waals surface area contributed by atoms with E-state index in [-0.39, 0.29) is 0 Å². The minimum Gasteiger partial charge on any atom is -0.373 e. The summed E-state index contributed by atoms with van der Waals surface area (Å²) < 4.78 is 22.3. The molecule has 4 aliphatic heterocycles. The zero-order valence-electron chi connectivity index (χ0n) is 11.1. The van der Waals surface area contributed by atoms with Crippen molar-refractivity contribution in [1.29, 1.82) is 0 Å². The zero-order chi connectivity index (χ0) is 12.3. The molecule has 0 saturated carbocycles. The van der Waals surface area contributed by atoms with Crippen LogP contribution in [0.2, 0.25) is 0 Å². The fourth-order valence-corrected chi connectivity index (χ4v) is 3.64. The summed E-state index contributed by atoms with van der Waals surface area (Å²) in [5.41, 5.74) is 0. The van der Waals surface area contributed by atoms with Gasteiger partial charge in [-0.05, 0) is 23.7 Å². The molecular weight excluding hydrogens is 232 g/mol. The monoisotopic (exact) mass is 254 g/mol. The highest BCUT2D eigenvalue weighted by Crippen LogP contribution is 2.47. The van der Waals surface area contributed by atoms with Gasteiger partial charge in [-0.15, -0.1) is 0 Å². The van der Waals surface area contributed by atoms with Crippen molar-refractivity contribution in [3.8, 4) is 0 Å². The molecule has 0 aliphatic carbocycles. The van der Waals surface area contributed by atoms with E-state index in [4.69, 9.17) is 18.9 Å². The lowest BCUT2D eigenvalue weighted by Gasteiger charge is -2.33. The maximum atomic E-state index is 5.63. The van der Waals surface area contributed by atoms with E-state index in [2.05, 4.69) is 13.8 Å². The fourth-order valence-electron chi connectivity index (χ4n) is 3.64. The number of ether oxygens (including phenoxy) is 4. The first-order chi connectivity index (χ1) is 8.75. The lowest BCUT2D eigenvalue weighted by Crippen LogP contribution is -2.38. The highest BCUT2D eigenvalue weighted by molar-refractivity contribution is 5.01. The third-order valence-electron chi connectivity index (χ3n) is 5.13. The van der Waals surface area contributed by atoms with Crippen LogP contribution in [0.4, 0.5) is 0 Å². The number of hydrogen-bond donors (Lipinski definition) is 0. The molecular formula is C14H22O4. The van der Waals surface area contributed by atoms with Crippen LogP contribution in [0.15, 0.2) is 0 Å². The third-order valence-corrected chi connectivity index (χ3v) is 5.13. The Morgan fingerprint density at radius 1 is 0.611 bits per heavy atom. The minimum atomic E-state index is 0.430. The van der Waals surface area contributed by atoms with Gasteiger partial charge in [0.15, 0.2) is 0 Å². The smallest absolute Gasteiger partial charge is 0.0845 e. The molecule has 0 radical (unpaired) electrons. The lowest BCUT2D eigenvalue weighted by molar-refractivity contribution is 0.0814. The van der Waals surface area contributed by atoms with Gasteiger partial charge in [-0.1, -0.05) is 13.8 Å². The molecule has 4 nitrogen and oxygen atoms in total. The highest BCUT2D eigenvalue weighted by atomic mass is 16.6. The number of epoxide rings is 4. The molecule has 4 aliphatic rings. The van der Waals surface area contributed by atoms with E-state index in [0.29, 0.717) is 48.1 Å². The molecule has 102 valence electrons. The molecule has 4 fully saturated rings. The van der Waals surface area contributed by atoms with Gasteiger partial charge in [0.25, 0.3) is 0 Å². The molecule has 4 rings (SSSR count). The van der Waals surface area contributed by atoms with E-state index in [1.54, 1.807) is 0 Å². The quantitative estimate of drug-likeness (QED) is 0.638. The van der Waals surface area contributed by atoms with Gasteiger partial charge in [-0.25, -0.2) is 0 Å². The molecule has 0 aromatic rings. The van der Waals surface area contributed by atoms with Crippen molar-refractivity contribution in [3.05, 3.63) is 0 Å². The molecule has 8 unspecified atom stereocenters. The Morgan fingerprint density at radius 2 is 0.889 bits per heavy atom. The Labute approximate surface area is 108 Å². The first kappa shape index (κ1) is 11.6. The maximum Gasteiger partial charge on any atom is 0.0845 e. The van der Waals surface area contributed by atoms with Crippen LogP contribution >= 0.6 is 0 Å². The predicted molar refractivity (Wildman–Crippen MR) is 64.3 cm³/mol. The second kappa shape index (κ2) is 4.17. The van der Waals surface area contributed by atoms with Gasteiger partial charge in [0, 0.05) is 0 Å². The van der Waals surface area contributed by atoms with Crippen molar-refractivity contribution in [2.45, 2.75) is 38.3 Å². The van der Waals surface area contributed by atoms with Gasteiger partial charge in [0.1, 0.15) is 0 Å². The van der Waals surface area contributed by atoms with Gasteiger partial charge in [0.05, 0.1) is 50.8 Å². The van der Waals surface area contributed by atoms with E-state index >= 15 is 0 Å². The Hall–Kier alpha value is -0.160. The van der Waals surface area contributed by atoms with E-state index in [1.807, 2.05) is 0 Å². The van der Waals surface area contributed by atoms with Crippen LogP contribution in [0.1, 0.15) is 13.8 Å². The summed E-state index contributed by atoms with van der Waals surface area (Å²) in [5.74, 6) is 2.30. The summed E-state index contributed by atoms with van der Waals surface area (Å²) >= 11 is 0. The van der Waals surface area contributed by atoms with Gasteiger partial charge in [-0.2, -0.15) is 0 Å². The molecule has 4 heteroatoms. The highest BCUT2D eigenvalue weighted by Gasteiger charge is 2.55. The SMILES string of the molecule is CC(C1CO1)C(C1CO1)C(C1CO1)C(C)C1CO1. The second-order valence-electron chi connectivity index (χ2n) is 6.36. The van der Waals surface area contributed by atoms with Gasteiger partial charge in [-0.3, -0.25) is 0 Å². The number of rotatable bonds is 7. The molecule has 4 heterocycles. The van der Waals surface area contributed by atoms with Crippen molar-refractivity contribution in [3.63, 3.8) is 0 Å². The summed E-state index contributed by atoms with van der Waals surface area (Å²) in [4.78, 5) is 0. The van der Waals surface area contributed by atoms with Gasteiger partial charge in [0.2, 0.25) is 0 Å². The Kier molecular flexibility index (Phi) is 2.70. The number of hydrogen-bond acceptors (Lipinski definition) is 4. The Morgan fingerprint density at radius 3 is 1.11 bits per heavy atom. The third kappa shape index (κ3) is 2.20. The van der Waals surface area contributed by atoms with Crippen LogP contribution in [0.5, 0.6) is 0 Å². The fraction of sp³-hybridized carbons (Fsp3) is 1.00. The summed E-state index contributed by atoms with van der Waals surface area (Å²) in [5, 5.41) is 0. The average Bonchev–Trinajstić information content (AvgIpc) is 3.23. The Bertz CT molecular complexity index is 286. The van der Waals surface area contributed by atoms with Crippen LogP contribution < -0.4 is 0 Å². The van der Waals surface area contributed by atoms with E-state index < -0.39 is 0 Å². The molecule has 0 bridgehead atoms. The topological polar surface area (TPSA) is 50.1 Å². The van der Waals surface area contributed by atoms with Crippen LogP contribution in [0, 0.1) is 23.7 Å². The van der Waals surface area contributed by atoms with Gasteiger partial charge < -0.3 is 18.9 Å². The normalized spacial score (nSPS) is 47.0. The maximum absolute atomic E-state index is 5.63. The summed E-state index contributed by atoms with van der Waals surface area (Å²) in [6.45, 7) is 8.33. The second-order valence-corrected chi connectivity index (χ2v) is 6.36.